The molecule has 8 heteroatoms. The molecule has 1 saturated heterocycles. The summed E-state index contributed by atoms with van der Waals surface area (Å²) in [6.07, 6.45) is 3.00. The quantitative estimate of drug-likeness (QED) is 0.608. The van der Waals surface area contributed by atoms with Gasteiger partial charge < -0.3 is 20.5 Å². The molecule has 3 rings (SSSR count). The number of hydrogen-bond donors (Lipinski definition) is 3. The van der Waals surface area contributed by atoms with Gasteiger partial charge in [-0.25, -0.2) is 4.39 Å². The largest absolute Gasteiger partial charge is 0.394 e. The van der Waals surface area contributed by atoms with Crippen molar-refractivity contribution in [1.29, 1.82) is 0 Å². The molecule has 2 heterocycles. The van der Waals surface area contributed by atoms with Crippen molar-refractivity contribution in [3.63, 3.8) is 0 Å². The SMILES string of the molecule is O=C(Cc1ccccn1)NCC[C@@H]1CC[C@H](NC(=O)c2ccccc2F)[C@H](CO)O1. The smallest absolute Gasteiger partial charge is 0.254 e. The van der Waals surface area contributed by atoms with E-state index in [0.29, 0.717) is 31.5 Å². The highest BCUT2D eigenvalue weighted by atomic mass is 19.1. The first-order valence-electron chi connectivity index (χ1n) is 10.0. The van der Waals surface area contributed by atoms with Crippen LogP contribution in [0.5, 0.6) is 0 Å². The van der Waals surface area contributed by atoms with Gasteiger partial charge in [0.05, 0.1) is 30.7 Å². The summed E-state index contributed by atoms with van der Waals surface area (Å²) in [6.45, 7) is 0.186. The van der Waals surface area contributed by atoms with Crippen molar-refractivity contribution in [2.45, 2.75) is 43.9 Å². The summed E-state index contributed by atoms with van der Waals surface area (Å²) in [7, 11) is 0. The second-order valence-corrected chi connectivity index (χ2v) is 7.25. The number of carbonyl (C=O) groups is 2. The minimum Gasteiger partial charge on any atom is -0.394 e. The van der Waals surface area contributed by atoms with Gasteiger partial charge in [-0.1, -0.05) is 18.2 Å². The van der Waals surface area contributed by atoms with Gasteiger partial charge in [0, 0.05) is 18.4 Å². The number of aliphatic hydroxyl groups is 1. The Bertz CT molecular complexity index is 849. The summed E-state index contributed by atoms with van der Waals surface area (Å²) in [5.41, 5.74) is 0.671. The maximum atomic E-state index is 13.8. The van der Waals surface area contributed by atoms with Gasteiger partial charge in [-0.2, -0.15) is 0 Å². The van der Waals surface area contributed by atoms with Crippen molar-refractivity contribution >= 4 is 11.8 Å². The molecule has 1 aliphatic heterocycles. The third kappa shape index (κ3) is 6.08. The molecule has 0 aliphatic carbocycles. The Morgan fingerprint density at radius 3 is 2.70 bits per heavy atom. The van der Waals surface area contributed by atoms with E-state index < -0.39 is 23.9 Å². The van der Waals surface area contributed by atoms with Crippen LogP contribution in [-0.4, -0.2) is 53.3 Å². The van der Waals surface area contributed by atoms with E-state index in [4.69, 9.17) is 4.74 Å². The number of amides is 2. The van der Waals surface area contributed by atoms with E-state index in [2.05, 4.69) is 15.6 Å². The Morgan fingerprint density at radius 1 is 1.17 bits per heavy atom. The molecule has 7 nitrogen and oxygen atoms in total. The highest BCUT2D eigenvalue weighted by Gasteiger charge is 2.32. The van der Waals surface area contributed by atoms with Crippen LogP contribution in [0.15, 0.2) is 48.7 Å². The van der Waals surface area contributed by atoms with E-state index in [1.54, 1.807) is 24.4 Å². The summed E-state index contributed by atoms with van der Waals surface area (Å²) in [6, 6.07) is 10.8. The van der Waals surface area contributed by atoms with E-state index in [0.717, 1.165) is 0 Å². The van der Waals surface area contributed by atoms with Gasteiger partial charge >= 0.3 is 0 Å². The van der Waals surface area contributed by atoms with Crippen molar-refractivity contribution in [1.82, 2.24) is 15.6 Å². The van der Waals surface area contributed by atoms with E-state index in [1.165, 1.54) is 18.2 Å². The van der Waals surface area contributed by atoms with Crippen molar-refractivity contribution in [3.8, 4) is 0 Å². The molecule has 0 unspecified atom stereocenters. The number of rotatable bonds is 8. The van der Waals surface area contributed by atoms with Gasteiger partial charge in [-0.15, -0.1) is 0 Å². The molecule has 1 aliphatic rings. The number of benzene rings is 1. The maximum Gasteiger partial charge on any atom is 0.254 e. The fraction of sp³-hybridized carbons (Fsp3) is 0.409. The van der Waals surface area contributed by atoms with Crippen LogP contribution in [0.1, 0.15) is 35.3 Å². The van der Waals surface area contributed by atoms with Crippen molar-refractivity contribution < 1.29 is 23.8 Å². The average Bonchev–Trinajstić information content (AvgIpc) is 2.75. The predicted octanol–water partition coefficient (Wildman–Crippen LogP) is 1.61. The number of aliphatic hydroxyl groups excluding tert-OH is 1. The summed E-state index contributed by atoms with van der Waals surface area (Å²) < 4.78 is 19.7. The maximum absolute atomic E-state index is 13.8. The second-order valence-electron chi connectivity index (χ2n) is 7.25. The molecule has 0 radical (unpaired) electrons. The summed E-state index contributed by atoms with van der Waals surface area (Å²) in [4.78, 5) is 28.5. The zero-order valence-corrected chi connectivity index (χ0v) is 16.6. The predicted molar refractivity (Wildman–Crippen MR) is 108 cm³/mol. The lowest BCUT2D eigenvalue weighted by Gasteiger charge is -2.36. The number of nitrogens with zero attached hydrogens (tertiary/aromatic N) is 1. The molecule has 2 amide bonds. The fourth-order valence-corrected chi connectivity index (χ4v) is 3.50. The molecule has 3 atom stereocenters. The Balaban J connectivity index is 1.43. The molecule has 3 N–H and O–H groups in total. The highest BCUT2D eigenvalue weighted by molar-refractivity contribution is 5.94. The zero-order valence-electron chi connectivity index (χ0n) is 16.6. The summed E-state index contributed by atoms with van der Waals surface area (Å²) in [5, 5.41) is 15.3. The van der Waals surface area contributed by atoms with Gasteiger partial charge in [0.25, 0.3) is 5.91 Å². The highest BCUT2D eigenvalue weighted by Crippen LogP contribution is 2.22. The van der Waals surface area contributed by atoms with Crippen LogP contribution in [-0.2, 0) is 16.0 Å². The number of pyridine rings is 1. The molecule has 0 spiro atoms. The Labute approximate surface area is 174 Å². The standard InChI is InChI=1S/C22H26FN3O4/c23-18-7-2-1-6-17(18)22(29)26-19-9-8-16(30-20(19)14-27)10-12-25-21(28)13-15-5-3-4-11-24-15/h1-7,11,16,19-20,27H,8-10,12-14H2,(H,25,28)(H,26,29)/t16-,19-,20-/m0/s1. The first kappa shape index (κ1) is 21.9. The van der Waals surface area contributed by atoms with Crippen molar-refractivity contribution in [2.75, 3.05) is 13.2 Å². The minimum atomic E-state index is -0.591. The van der Waals surface area contributed by atoms with E-state index in [-0.39, 0.29) is 30.6 Å². The third-order valence-corrected chi connectivity index (χ3v) is 5.09. The van der Waals surface area contributed by atoms with E-state index in [9.17, 15) is 19.1 Å². The molecule has 2 aromatic rings. The van der Waals surface area contributed by atoms with Crippen LogP contribution in [0.3, 0.4) is 0 Å². The number of aromatic nitrogens is 1. The first-order valence-corrected chi connectivity index (χ1v) is 10.0. The molecule has 1 aromatic heterocycles. The number of nitrogens with one attached hydrogen (secondary N) is 2. The van der Waals surface area contributed by atoms with Crippen LogP contribution in [0.2, 0.25) is 0 Å². The van der Waals surface area contributed by atoms with Gasteiger partial charge in [0.2, 0.25) is 5.91 Å². The second kappa shape index (κ2) is 10.8. The van der Waals surface area contributed by atoms with Crippen molar-refractivity contribution in [2.24, 2.45) is 0 Å². The van der Waals surface area contributed by atoms with Crippen LogP contribution in [0.4, 0.5) is 4.39 Å². The van der Waals surface area contributed by atoms with Crippen LogP contribution in [0, 0.1) is 5.82 Å². The molecule has 1 fully saturated rings. The summed E-state index contributed by atoms with van der Waals surface area (Å²) >= 11 is 0. The molecule has 0 saturated carbocycles. The van der Waals surface area contributed by atoms with Gasteiger partial charge in [0.1, 0.15) is 11.9 Å². The van der Waals surface area contributed by atoms with Crippen molar-refractivity contribution in [3.05, 3.63) is 65.7 Å². The van der Waals surface area contributed by atoms with E-state index >= 15 is 0 Å². The lowest BCUT2D eigenvalue weighted by Crippen LogP contribution is -2.51. The average molecular weight is 415 g/mol. The van der Waals surface area contributed by atoms with Crippen LogP contribution < -0.4 is 10.6 Å². The molecule has 30 heavy (non-hydrogen) atoms. The van der Waals surface area contributed by atoms with Gasteiger partial charge in [-0.05, 0) is 43.5 Å². The van der Waals surface area contributed by atoms with Gasteiger partial charge in [-0.3, -0.25) is 14.6 Å². The Kier molecular flexibility index (Phi) is 7.87. The fourth-order valence-electron chi connectivity index (χ4n) is 3.50. The lowest BCUT2D eigenvalue weighted by atomic mass is 9.96. The Hall–Kier alpha value is -2.84. The lowest BCUT2D eigenvalue weighted by molar-refractivity contribution is -0.121. The molecule has 1 aromatic carbocycles. The first-order chi connectivity index (χ1) is 14.6. The number of hydrogen-bond acceptors (Lipinski definition) is 5. The molecular weight excluding hydrogens is 389 g/mol. The molecular formula is C22H26FN3O4. The van der Waals surface area contributed by atoms with E-state index in [1.807, 2.05) is 6.07 Å². The van der Waals surface area contributed by atoms with Crippen LogP contribution in [0.25, 0.3) is 0 Å². The monoisotopic (exact) mass is 415 g/mol. The summed E-state index contributed by atoms with van der Waals surface area (Å²) in [5.74, 6) is -1.23. The Morgan fingerprint density at radius 2 is 1.97 bits per heavy atom. The minimum absolute atomic E-state index is 0.0352. The number of carbonyl (C=O) groups excluding carboxylic acids is 2. The third-order valence-electron chi connectivity index (χ3n) is 5.09. The number of halogens is 1. The molecule has 160 valence electrons. The normalized spacial score (nSPS) is 21.1. The number of ether oxygens (including phenoxy) is 1. The zero-order chi connectivity index (χ0) is 21.3. The molecule has 0 bridgehead atoms. The van der Waals surface area contributed by atoms with Gasteiger partial charge in [0.15, 0.2) is 0 Å². The van der Waals surface area contributed by atoms with Crippen LogP contribution >= 0.6 is 0 Å². The topological polar surface area (TPSA) is 101 Å².